The average molecular weight is 240 g/mol. The summed E-state index contributed by atoms with van der Waals surface area (Å²) in [5.74, 6) is 0.771. The molecule has 0 atom stereocenters. The summed E-state index contributed by atoms with van der Waals surface area (Å²) in [4.78, 5) is 4.29. The molecular formula is C14H12N2O2. The molecule has 0 saturated heterocycles. The topological polar surface area (TPSA) is 72.3 Å². The Hall–Kier alpha value is -2.33. The number of aromatic hydroxyl groups is 1. The Balaban J connectivity index is 2.10. The summed E-state index contributed by atoms with van der Waals surface area (Å²) >= 11 is 0. The second kappa shape index (κ2) is 4.16. The zero-order valence-electron chi connectivity index (χ0n) is 9.63. The Kier molecular flexibility index (Phi) is 2.50. The van der Waals surface area contributed by atoms with Gasteiger partial charge in [0, 0.05) is 18.1 Å². The van der Waals surface area contributed by atoms with Crippen LogP contribution < -0.4 is 5.73 Å². The van der Waals surface area contributed by atoms with Gasteiger partial charge in [-0.2, -0.15) is 0 Å². The Morgan fingerprint density at radius 2 is 2.11 bits per heavy atom. The molecule has 3 aromatic rings. The second-order valence-corrected chi connectivity index (χ2v) is 4.06. The van der Waals surface area contributed by atoms with Gasteiger partial charge in [-0.3, -0.25) is 4.98 Å². The lowest BCUT2D eigenvalue weighted by atomic mass is 10.2. The number of rotatable bonds is 2. The Labute approximate surface area is 104 Å². The van der Waals surface area contributed by atoms with E-state index >= 15 is 0 Å². The predicted molar refractivity (Wildman–Crippen MR) is 69.0 cm³/mol. The van der Waals surface area contributed by atoms with Gasteiger partial charge in [0.25, 0.3) is 0 Å². The molecule has 1 aromatic carbocycles. The molecule has 0 amide bonds. The van der Waals surface area contributed by atoms with Crippen LogP contribution in [0.15, 0.2) is 47.0 Å². The van der Waals surface area contributed by atoms with Crippen molar-refractivity contribution in [2.45, 2.75) is 6.54 Å². The van der Waals surface area contributed by atoms with E-state index in [0.29, 0.717) is 17.9 Å². The van der Waals surface area contributed by atoms with Crippen molar-refractivity contribution in [3.05, 3.63) is 48.2 Å². The first-order chi connectivity index (χ1) is 8.78. The van der Waals surface area contributed by atoms with Gasteiger partial charge in [0.2, 0.25) is 0 Å². The van der Waals surface area contributed by atoms with Crippen LogP contribution in [0.5, 0.6) is 5.75 Å². The van der Waals surface area contributed by atoms with Crippen molar-refractivity contribution < 1.29 is 9.52 Å². The van der Waals surface area contributed by atoms with Crippen LogP contribution >= 0.6 is 0 Å². The monoisotopic (exact) mass is 240 g/mol. The molecule has 0 unspecified atom stereocenters. The number of para-hydroxylation sites is 1. The van der Waals surface area contributed by atoms with Crippen molar-refractivity contribution in [1.29, 1.82) is 0 Å². The Morgan fingerprint density at radius 1 is 1.22 bits per heavy atom. The largest absolute Gasteiger partial charge is 0.504 e. The number of nitrogens with zero attached hydrogens (tertiary/aromatic N) is 1. The third-order valence-corrected chi connectivity index (χ3v) is 2.84. The molecule has 3 rings (SSSR count). The van der Waals surface area contributed by atoms with Crippen molar-refractivity contribution in [3.8, 4) is 17.2 Å². The van der Waals surface area contributed by atoms with E-state index in [1.165, 1.54) is 0 Å². The quantitative estimate of drug-likeness (QED) is 0.722. The lowest BCUT2D eigenvalue weighted by Crippen LogP contribution is -1.96. The molecule has 4 heteroatoms. The first-order valence-corrected chi connectivity index (χ1v) is 5.65. The molecule has 0 aliphatic carbocycles. The molecule has 0 saturated carbocycles. The molecule has 0 bridgehead atoms. The number of pyridine rings is 1. The van der Waals surface area contributed by atoms with Crippen molar-refractivity contribution in [2.75, 3.05) is 0 Å². The lowest BCUT2D eigenvalue weighted by molar-refractivity contribution is 0.466. The highest BCUT2D eigenvalue weighted by atomic mass is 16.4. The van der Waals surface area contributed by atoms with Crippen molar-refractivity contribution >= 4 is 11.0 Å². The van der Waals surface area contributed by atoms with E-state index in [2.05, 4.69) is 4.98 Å². The first-order valence-electron chi connectivity index (χ1n) is 5.65. The molecule has 0 radical (unpaired) electrons. The molecule has 0 fully saturated rings. The van der Waals surface area contributed by atoms with Gasteiger partial charge in [-0.15, -0.1) is 0 Å². The minimum Gasteiger partial charge on any atom is -0.504 e. The molecule has 90 valence electrons. The summed E-state index contributed by atoms with van der Waals surface area (Å²) in [6.07, 6.45) is 1.72. The minimum atomic E-state index is 0.136. The third-order valence-electron chi connectivity index (χ3n) is 2.84. The van der Waals surface area contributed by atoms with Gasteiger partial charge in [0.15, 0.2) is 17.1 Å². The van der Waals surface area contributed by atoms with Crippen LogP contribution in [0.4, 0.5) is 0 Å². The standard InChI is InChI=1S/C14H12N2O2/c15-7-9-4-5-11(16-8-9)13-6-10-2-1-3-12(17)14(10)18-13/h1-6,8,17H,7,15H2. The van der Waals surface area contributed by atoms with E-state index in [1.807, 2.05) is 24.3 Å². The van der Waals surface area contributed by atoms with Gasteiger partial charge in [0.1, 0.15) is 5.69 Å². The highest BCUT2D eigenvalue weighted by Gasteiger charge is 2.09. The first kappa shape index (κ1) is 10.8. The van der Waals surface area contributed by atoms with Crippen LogP contribution in [0.25, 0.3) is 22.4 Å². The molecule has 4 nitrogen and oxygen atoms in total. The maximum Gasteiger partial charge on any atom is 0.176 e. The summed E-state index contributed by atoms with van der Waals surface area (Å²) in [5, 5.41) is 10.5. The Bertz CT molecular complexity index is 687. The summed E-state index contributed by atoms with van der Waals surface area (Å²) in [6.45, 7) is 0.466. The van der Waals surface area contributed by atoms with Crippen LogP contribution in [0.2, 0.25) is 0 Å². The van der Waals surface area contributed by atoms with E-state index in [-0.39, 0.29) is 5.75 Å². The molecule has 0 aliphatic heterocycles. The van der Waals surface area contributed by atoms with E-state index < -0.39 is 0 Å². The van der Waals surface area contributed by atoms with Crippen LogP contribution in [-0.2, 0) is 6.54 Å². The number of furan rings is 1. The Morgan fingerprint density at radius 3 is 2.78 bits per heavy atom. The fourth-order valence-corrected chi connectivity index (χ4v) is 1.86. The number of hydrogen-bond acceptors (Lipinski definition) is 4. The number of phenols is 1. The van der Waals surface area contributed by atoms with E-state index in [9.17, 15) is 5.11 Å². The average Bonchev–Trinajstić information content (AvgIpc) is 2.84. The van der Waals surface area contributed by atoms with Crippen molar-refractivity contribution in [2.24, 2.45) is 5.73 Å². The van der Waals surface area contributed by atoms with Crippen LogP contribution in [-0.4, -0.2) is 10.1 Å². The van der Waals surface area contributed by atoms with Crippen LogP contribution in [0.1, 0.15) is 5.56 Å². The summed E-state index contributed by atoms with van der Waals surface area (Å²) in [5.41, 5.74) is 7.70. The molecule has 3 N–H and O–H groups in total. The normalized spacial score (nSPS) is 10.9. The summed E-state index contributed by atoms with van der Waals surface area (Å²) in [7, 11) is 0. The molecule has 2 heterocycles. The van der Waals surface area contributed by atoms with Gasteiger partial charge < -0.3 is 15.3 Å². The predicted octanol–water partition coefficient (Wildman–Crippen LogP) is 2.66. The maximum absolute atomic E-state index is 9.68. The zero-order valence-corrected chi connectivity index (χ0v) is 9.63. The van der Waals surface area contributed by atoms with E-state index in [0.717, 1.165) is 16.6 Å². The fraction of sp³-hybridized carbons (Fsp3) is 0.0714. The maximum atomic E-state index is 9.68. The number of phenolic OH excluding ortho intramolecular Hbond substituents is 1. The van der Waals surface area contributed by atoms with Crippen molar-refractivity contribution in [1.82, 2.24) is 4.98 Å². The number of aromatic nitrogens is 1. The molecule has 0 spiro atoms. The smallest absolute Gasteiger partial charge is 0.176 e. The van der Waals surface area contributed by atoms with E-state index in [4.69, 9.17) is 10.2 Å². The zero-order chi connectivity index (χ0) is 12.5. The van der Waals surface area contributed by atoms with E-state index in [1.54, 1.807) is 18.3 Å². The number of fused-ring (bicyclic) bond motifs is 1. The highest BCUT2D eigenvalue weighted by Crippen LogP contribution is 2.31. The summed E-state index contributed by atoms with van der Waals surface area (Å²) < 4.78 is 5.61. The molecule has 18 heavy (non-hydrogen) atoms. The summed E-state index contributed by atoms with van der Waals surface area (Å²) in [6, 6.07) is 10.9. The van der Waals surface area contributed by atoms with Gasteiger partial charge in [0.05, 0.1) is 0 Å². The van der Waals surface area contributed by atoms with Gasteiger partial charge >= 0.3 is 0 Å². The number of nitrogens with two attached hydrogens (primary N) is 1. The molecular weight excluding hydrogens is 228 g/mol. The second-order valence-electron chi connectivity index (χ2n) is 4.06. The molecule has 0 aliphatic rings. The SMILES string of the molecule is NCc1ccc(-c2cc3cccc(O)c3o2)nc1. The minimum absolute atomic E-state index is 0.136. The van der Waals surface area contributed by atoms with Crippen LogP contribution in [0.3, 0.4) is 0 Å². The lowest BCUT2D eigenvalue weighted by Gasteiger charge is -1.98. The number of hydrogen-bond donors (Lipinski definition) is 2. The van der Waals surface area contributed by atoms with Gasteiger partial charge in [-0.25, -0.2) is 0 Å². The fourth-order valence-electron chi connectivity index (χ4n) is 1.86. The number of benzene rings is 1. The van der Waals surface area contributed by atoms with Gasteiger partial charge in [-0.05, 0) is 23.8 Å². The highest BCUT2D eigenvalue weighted by molar-refractivity contribution is 5.86. The molecule has 2 aromatic heterocycles. The van der Waals surface area contributed by atoms with Crippen LogP contribution in [0, 0.1) is 0 Å². The van der Waals surface area contributed by atoms with Gasteiger partial charge in [-0.1, -0.05) is 18.2 Å². The third kappa shape index (κ3) is 1.72. The van der Waals surface area contributed by atoms with Crippen molar-refractivity contribution in [3.63, 3.8) is 0 Å².